The van der Waals surface area contributed by atoms with E-state index in [9.17, 15) is 22.4 Å². The fourth-order valence-electron chi connectivity index (χ4n) is 2.68. The van der Waals surface area contributed by atoms with Gasteiger partial charge in [-0.15, -0.1) is 0 Å². The summed E-state index contributed by atoms with van der Waals surface area (Å²) in [7, 11) is -2.89. The van der Waals surface area contributed by atoms with Crippen molar-refractivity contribution in [3.63, 3.8) is 0 Å². The third kappa shape index (κ3) is 3.20. The molecular weight excluding hydrogens is 361 g/mol. The highest BCUT2D eigenvalue weighted by Gasteiger charge is 2.35. The summed E-state index contributed by atoms with van der Waals surface area (Å²) >= 11 is 0. The van der Waals surface area contributed by atoms with Gasteiger partial charge < -0.3 is 4.74 Å². The molecule has 0 bridgehead atoms. The first-order valence-electron chi connectivity index (χ1n) is 7.79. The molecule has 1 unspecified atom stereocenters. The van der Waals surface area contributed by atoms with Crippen molar-refractivity contribution >= 4 is 21.9 Å². The number of cyclic esters (lactones) is 1. The van der Waals surface area contributed by atoms with E-state index in [0.717, 1.165) is 24.7 Å². The highest BCUT2D eigenvalue weighted by molar-refractivity contribution is 7.89. The molecule has 26 heavy (non-hydrogen) atoms. The van der Waals surface area contributed by atoms with Crippen molar-refractivity contribution in [1.29, 1.82) is 0 Å². The van der Waals surface area contributed by atoms with Gasteiger partial charge in [0.05, 0.1) is 16.9 Å². The van der Waals surface area contributed by atoms with Crippen LogP contribution in [0.4, 0.5) is 4.39 Å². The van der Waals surface area contributed by atoms with E-state index in [-0.39, 0.29) is 16.0 Å². The lowest BCUT2D eigenvalue weighted by atomic mass is 10.0. The van der Waals surface area contributed by atoms with Crippen LogP contribution in [0, 0.1) is 12.7 Å². The van der Waals surface area contributed by atoms with Crippen molar-refractivity contribution in [2.45, 2.75) is 24.3 Å². The Balaban J connectivity index is 1.82. The number of halogens is 1. The Labute approximate surface area is 150 Å². The fraction of sp³-hybridized carbons (Fsp3) is 0.222. The molecule has 1 atom stereocenters. The monoisotopic (exact) mass is 377 g/mol. The molecule has 0 saturated heterocycles. The van der Waals surface area contributed by atoms with Crippen LogP contribution in [0.2, 0.25) is 0 Å². The van der Waals surface area contributed by atoms with E-state index in [1.165, 1.54) is 18.2 Å². The van der Waals surface area contributed by atoms with Crippen molar-refractivity contribution < 1.29 is 27.1 Å². The van der Waals surface area contributed by atoms with Gasteiger partial charge in [-0.3, -0.25) is 4.79 Å². The molecule has 1 aliphatic heterocycles. The third-order valence-electron chi connectivity index (χ3n) is 4.22. The van der Waals surface area contributed by atoms with Crippen LogP contribution in [0.5, 0.6) is 0 Å². The van der Waals surface area contributed by atoms with Crippen molar-refractivity contribution in [2.24, 2.45) is 0 Å². The summed E-state index contributed by atoms with van der Waals surface area (Å²) in [6.45, 7) is 1.82. The number of carbonyl (C=O) groups excluding carboxylic acids is 2. The maximum Gasteiger partial charge on any atom is 0.339 e. The van der Waals surface area contributed by atoms with Gasteiger partial charge in [-0.05, 0) is 37.3 Å². The molecule has 0 fully saturated rings. The second-order valence-corrected chi connectivity index (χ2v) is 7.98. The van der Waals surface area contributed by atoms with Crippen LogP contribution in [-0.4, -0.2) is 31.6 Å². The van der Waals surface area contributed by atoms with Crippen LogP contribution < -0.4 is 0 Å². The van der Waals surface area contributed by atoms with E-state index in [2.05, 4.69) is 0 Å². The largest absolute Gasteiger partial charge is 0.453 e. The number of amides is 1. The molecule has 136 valence electrons. The van der Waals surface area contributed by atoms with Crippen LogP contribution in [0.3, 0.4) is 0 Å². The number of sulfonamides is 1. The number of carbonyl (C=O) groups is 2. The highest BCUT2D eigenvalue weighted by atomic mass is 32.2. The number of rotatable bonds is 4. The number of esters is 1. The summed E-state index contributed by atoms with van der Waals surface area (Å²) < 4.78 is 44.3. The third-order valence-corrected chi connectivity index (χ3v) is 6.01. The van der Waals surface area contributed by atoms with Crippen LogP contribution >= 0.6 is 0 Å². The Hall–Kier alpha value is -2.74. The molecule has 2 aromatic carbocycles. The minimum atomic E-state index is -4.03. The van der Waals surface area contributed by atoms with Crippen molar-refractivity contribution in [2.75, 3.05) is 7.05 Å². The quantitative estimate of drug-likeness (QED) is 0.765. The normalized spacial score (nSPS) is 16.1. The van der Waals surface area contributed by atoms with Gasteiger partial charge in [0.25, 0.3) is 10.0 Å². The molecule has 0 spiro atoms. The maximum atomic E-state index is 13.4. The van der Waals surface area contributed by atoms with E-state index in [0.29, 0.717) is 4.31 Å². The highest BCUT2D eigenvalue weighted by Crippen LogP contribution is 2.34. The van der Waals surface area contributed by atoms with Gasteiger partial charge in [-0.2, -0.15) is 0 Å². The second kappa shape index (κ2) is 6.53. The number of benzene rings is 2. The first-order valence-corrected chi connectivity index (χ1v) is 9.23. The Bertz CT molecular complexity index is 985. The summed E-state index contributed by atoms with van der Waals surface area (Å²) in [4.78, 5) is 24.2. The molecule has 2 aromatic rings. The summed E-state index contributed by atoms with van der Waals surface area (Å²) in [5.41, 5.74) is 1.30. The molecular formula is C18H16FNO5S. The van der Waals surface area contributed by atoms with Crippen LogP contribution in [0.15, 0.2) is 47.4 Å². The SMILES string of the molecule is Cc1ccc(S(=O)(=O)N(C)C(=O)CC2OC(=O)c3ccc(F)cc32)cc1. The van der Waals surface area contributed by atoms with Crippen LogP contribution in [0.25, 0.3) is 0 Å². The zero-order valence-corrected chi connectivity index (χ0v) is 14.9. The smallest absolute Gasteiger partial charge is 0.339 e. The number of nitrogens with zero attached hydrogens (tertiary/aromatic N) is 1. The van der Waals surface area contributed by atoms with E-state index < -0.39 is 40.2 Å². The maximum absolute atomic E-state index is 13.4. The number of fused-ring (bicyclic) bond motifs is 1. The predicted octanol–water partition coefficient (Wildman–Crippen LogP) is 2.58. The van der Waals surface area contributed by atoms with Crippen molar-refractivity contribution in [3.8, 4) is 0 Å². The van der Waals surface area contributed by atoms with Gasteiger partial charge in [0, 0.05) is 12.6 Å². The molecule has 0 saturated carbocycles. The molecule has 0 aromatic heterocycles. The van der Waals surface area contributed by atoms with Crippen LogP contribution in [0.1, 0.15) is 34.0 Å². The van der Waals surface area contributed by atoms with Gasteiger partial charge >= 0.3 is 5.97 Å². The first-order chi connectivity index (χ1) is 12.2. The van der Waals surface area contributed by atoms with E-state index in [1.807, 2.05) is 6.92 Å². The Morgan fingerprint density at radius 3 is 2.50 bits per heavy atom. The minimum Gasteiger partial charge on any atom is -0.453 e. The van der Waals surface area contributed by atoms with Crippen LogP contribution in [-0.2, 0) is 19.6 Å². The average molecular weight is 377 g/mol. The zero-order valence-electron chi connectivity index (χ0n) is 14.1. The summed E-state index contributed by atoms with van der Waals surface area (Å²) in [5, 5.41) is 0. The van der Waals surface area contributed by atoms with Gasteiger partial charge in [-0.25, -0.2) is 21.9 Å². The number of aryl methyl sites for hydroxylation is 1. The second-order valence-electron chi connectivity index (χ2n) is 6.01. The molecule has 0 N–H and O–H groups in total. The van der Waals surface area contributed by atoms with Gasteiger partial charge in [-0.1, -0.05) is 17.7 Å². The van der Waals surface area contributed by atoms with Crippen molar-refractivity contribution in [1.82, 2.24) is 4.31 Å². The predicted molar refractivity (Wildman–Crippen MR) is 90.3 cm³/mol. The topological polar surface area (TPSA) is 80.8 Å². The standard InChI is InChI=1S/C18H16FNO5S/c1-11-3-6-13(7-4-11)26(23,24)20(2)17(21)10-16-15-9-12(19)5-8-14(15)18(22)25-16/h3-9,16H,10H2,1-2H3. The number of ether oxygens (including phenoxy) is 1. The summed E-state index contributed by atoms with van der Waals surface area (Å²) in [6.07, 6.45) is -1.42. The van der Waals surface area contributed by atoms with Gasteiger partial charge in [0.2, 0.25) is 5.91 Å². The molecule has 1 amide bonds. The van der Waals surface area contributed by atoms with E-state index >= 15 is 0 Å². The van der Waals surface area contributed by atoms with Gasteiger partial charge in [0.1, 0.15) is 11.9 Å². The summed E-state index contributed by atoms with van der Waals surface area (Å²) in [6, 6.07) is 9.60. The molecule has 6 nitrogen and oxygen atoms in total. The lowest BCUT2D eigenvalue weighted by Crippen LogP contribution is -2.34. The molecule has 0 radical (unpaired) electrons. The Morgan fingerprint density at radius 2 is 1.85 bits per heavy atom. The Kier molecular flexibility index (Phi) is 4.53. The number of hydrogen-bond donors (Lipinski definition) is 0. The number of hydrogen-bond acceptors (Lipinski definition) is 5. The molecule has 8 heteroatoms. The van der Waals surface area contributed by atoms with E-state index in [1.54, 1.807) is 12.1 Å². The fourth-order valence-corrected chi connectivity index (χ4v) is 3.82. The first kappa shape index (κ1) is 18.1. The molecule has 1 aliphatic rings. The van der Waals surface area contributed by atoms with Crippen molar-refractivity contribution in [3.05, 3.63) is 65.0 Å². The zero-order chi connectivity index (χ0) is 19.1. The summed E-state index contributed by atoms with van der Waals surface area (Å²) in [5.74, 6) is -2.00. The van der Waals surface area contributed by atoms with E-state index in [4.69, 9.17) is 4.74 Å². The minimum absolute atomic E-state index is 0.0196. The van der Waals surface area contributed by atoms with Gasteiger partial charge in [0.15, 0.2) is 0 Å². The Morgan fingerprint density at radius 1 is 1.19 bits per heavy atom. The lowest BCUT2D eigenvalue weighted by molar-refractivity contribution is -0.127. The molecule has 3 rings (SSSR count). The average Bonchev–Trinajstić information content (AvgIpc) is 2.89. The lowest BCUT2D eigenvalue weighted by Gasteiger charge is -2.19. The molecule has 0 aliphatic carbocycles. The molecule has 1 heterocycles.